The van der Waals surface area contributed by atoms with Crippen LogP contribution in [0.15, 0.2) is 22.1 Å². The summed E-state index contributed by atoms with van der Waals surface area (Å²) < 4.78 is 1.13. The van der Waals surface area contributed by atoms with Crippen LogP contribution >= 0.6 is 27.3 Å². The van der Waals surface area contributed by atoms with E-state index in [0.717, 1.165) is 21.7 Å². The molecule has 0 bridgehead atoms. The number of nitrogens with zero attached hydrogens (tertiary/aromatic N) is 1. The highest BCUT2D eigenvalue weighted by atomic mass is 79.9. The average Bonchev–Trinajstić information content (AvgIpc) is 2.85. The fourth-order valence-corrected chi connectivity index (χ4v) is 2.91. The van der Waals surface area contributed by atoms with E-state index in [-0.39, 0.29) is 0 Å². The third kappa shape index (κ3) is 2.53. The van der Waals surface area contributed by atoms with Gasteiger partial charge in [0.15, 0.2) is 0 Å². The Morgan fingerprint density at radius 2 is 2.38 bits per heavy atom. The van der Waals surface area contributed by atoms with Crippen molar-refractivity contribution in [3.05, 3.63) is 27.9 Å². The molecule has 0 aromatic carbocycles. The van der Waals surface area contributed by atoms with Gasteiger partial charge in [-0.15, -0.1) is 11.3 Å². The Morgan fingerprint density at radius 1 is 1.56 bits per heavy atom. The number of hydrogen-bond acceptors (Lipinski definition) is 3. The van der Waals surface area contributed by atoms with Crippen LogP contribution in [0, 0.1) is 0 Å². The molecule has 0 amide bonds. The maximum atomic E-state index is 5.54. The summed E-state index contributed by atoms with van der Waals surface area (Å²) in [6.07, 6.45) is 2.85. The fourth-order valence-electron chi connectivity index (χ4n) is 1.56. The zero-order valence-electron chi connectivity index (χ0n) is 9.03. The van der Waals surface area contributed by atoms with E-state index in [4.69, 9.17) is 5.73 Å². The number of aromatic amines is 1. The van der Waals surface area contributed by atoms with E-state index in [1.54, 1.807) is 11.3 Å². The molecule has 0 fully saturated rings. The lowest BCUT2D eigenvalue weighted by molar-refractivity contribution is 0.655. The smallest absolute Gasteiger partial charge is 0.109 e. The molecule has 86 valence electrons. The van der Waals surface area contributed by atoms with Gasteiger partial charge >= 0.3 is 0 Å². The van der Waals surface area contributed by atoms with Gasteiger partial charge in [-0.05, 0) is 41.0 Å². The first-order valence-corrected chi connectivity index (χ1v) is 6.82. The molecule has 16 heavy (non-hydrogen) atoms. The van der Waals surface area contributed by atoms with Crippen LogP contribution in [0.2, 0.25) is 0 Å². The van der Waals surface area contributed by atoms with Crippen LogP contribution in [-0.2, 0) is 0 Å². The Morgan fingerprint density at radius 3 is 3.00 bits per heavy atom. The molecule has 3 nitrogen and oxygen atoms in total. The minimum Gasteiger partial charge on any atom is -0.341 e. The fraction of sp³-hybridized carbons (Fsp3) is 0.364. The molecular weight excluding hydrogens is 286 g/mol. The van der Waals surface area contributed by atoms with Gasteiger partial charge in [0.25, 0.3) is 0 Å². The predicted octanol–water partition coefficient (Wildman–Crippen LogP) is 3.35. The van der Waals surface area contributed by atoms with Crippen LogP contribution < -0.4 is 5.73 Å². The largest absolute Gasteiger partial charge is 0.341 e. The van der Waals surface area contributed by atoms with Gasteiger partial charge in [0.2, 0.25) is 0 Å². The van der Waals surface area contributed by atoms with Gasteiger partial charge in [0, 0.05) is 5.92 Å². The first-order valence-electron chi connectivity index (χ1n) is 5.21. The predicted molar refractivity (Wildman–Crippen MR) is 71.7 cm³/mol. The minimum atomic E-state index is 0.391. The average molecular weight is 300 g/mol. The maximum absolute atomic E-state index is 5.54. The number of halogens is 1. The van der Waals surface area contributed by atoms with Gasteiger partial charge in [-0.25, -0.2) is 4.98 Å². The van der Waals surface area contributed by atoms with Crippen molar-refractivity contribution in [2.75, 3.05) is 6.54 Å². The quantitative estimate of drug-likeness (QED) is 0.909. The number of H-pyrrole nitrogens is 1. The minimum absolute atomic E-state index is 0.391. The van der Waals surface area contributed by atoms with E-state index in [1.807, 2.05) is 12.3 Å². The molecule has 5 heteroatoms. The lowest BCUT2D eigenvalue weighted by atomic mass is 10.1. The molecule has 0 saturated heterocycles. The summed E-state index contributed by atoms with van der Waals surface area (Å²) in [6.45, 7) is 2.83. The Balaban J connectivity index is 2.19. The van der Waals surface area contributed by atoms with Crippen LogP contribution in [0.25, 0.3) is 10.6 Å². The summed E-state index contributed by atoms with van der Waals surface area (Å²) in [6, 6.07) is 4.13. The normalized spacial score (nSPS) is 12.9. The Bertz CT molecular complexity index is 463. The van der Waals surface area contributed by atoms with E-state index in [0.29, 0.717) is 12.5 Å². The summed E-state index contributed by atoms with van der Waals surface area (Å²) in [4.78, 5) is 8.95. The first-order chi connectivity index (χ1) is 7.70. The van der Waals surface area contributed by atoms with E-state index < -0.39 is 0 Å². The zero-order valence-corrected chi connectivity index (χ0v) is 11.4. The number of nitrogens with two attached hydrogens (primary N) is 1. The number of imidazole rings is 1. The highest BCUT2D eigenvalue weighted by Gasteiger charge is 2.10. The molecule has 1 atom stereocenters. The second-order valence-corrected chi connectivity index (χ2v) is 6.23. The van der Waals surface area contributed by atoms with Crippen LogP contribution in [0.5, 0.6) is 0 Å². The molecule has 0 aliphatic rings. The van der Waals surface area contributed by atoms with Gasteiger partial charge in [-0.3, -0.25) is 0 Å². The topological polar surface area (TPSA) is 54.7 Å². The van der Waals surface area contributed by atoms with E-state index in [2.05, 4.69) is 38.9 Å². The van der Waals surface area contributed by atoms with Crippen molar-refractivity contribution in [3.63, 3.8) is 0 Å². The van der Waals surface area contributed by atoms with Crippen molar-refractivity contribution in [2.45, 2.75) is 19.3 Å². The van der Waals surface area contributed by atoms with Crippen molar-refractivity contribution >= 4 is 27.3 Å². The number of thiophene rings is 1. The van der Waals surface area contributed by atoms with Crippen LogP contribution in [0.1, 0.15) is 25.1 Å². The summed E-state index contributed by atoms with van der Waals surface area (Å²) in [7, 11) is 0. The molecular formula is C11H14BrN3S. The van der Waals surface area contributed by atoms with Crippen molar-refractivity contribution < 1.29 is 0 Å². The summed E-state index contributed by atoms with van der Waals surface area (Å²) in [5, 5.41) is 0. The van der Waals surface area contributed by atoms with Crippen molar-refractivity contribution in [3.8, 4) is 10.6 Å². The summed E-state index contributed by atoms with van der Waals surface area (Å²) >= 11 is 5.16. The molecule has 3 N–H and O–H groups in total. The zero-order chi connectivity index (χ0) is 11.5. The van der Waals surface area contributed by atoms with E-state index in [1.165, 1.54) is 4.88 Å². The monoisotopic (exact) mass is 299 g/mol. The van der Waals surface area contributed by atoms with Gasteiger partial charge in [-0.2, -0.15) is 0 Å². The number of nitrogens with one attached hydrogen (secondary N) is 1. The SMILES string of the molecule is CC(CCN)c1ncc(-c2ccc(Br)s2)[nH]1. The molecule has 2 aromatic rings. The molecule has 0 aliphatic heterocycles. The lowest BCUT2D eigenvalue weighted by Gasteiger charge is -2.05. The Labute approximate surface area is 107 Å². The molecule has 0 spiro atoms. The Hall–Kier alpha value is -0.650. The number of aromatic nitrogens is 2. The highest BCUT2D eigenvalue weighted by Crippen LogP contribution is 2.30. The van der Waals surface area contributed by atoms with Gasteiger partial charge in [-0.1, -0.05) is 6.92 Å². The molecule has 2 aromatic heterocycles. The van der Waals surface area contributed by atoms with Crippen LogP contribution in [-0.4, -0.2) is 16.5 Å². The third-order valence-corrected chi connectivity index (χ3v) is 4.16. The standard InChI is InChI=1S/C11H14BrN3S/c1-7(4-5-13)11-14-6-8(15-11)9-2-3-10(12)16-9/h2-3,6-7H,4-5,13H2,1H3,(H,14,15). The second kappa shape index (κ2) is 5.12. The number of hydrogen-bond donors (Lipinski definition) is 2. The summed E-state index contributed by atoms with van der Waals surface area (Å²) in [5.74, 6) is 1.41. The third-order valence-electron chi connectivity index (χ3n) is 2.50. The van der Waals surface area contributed by atoms with E-state index in [9.17, 15) is 0 Å². The van der Waals surface area contributed by atoms with Crippen LogP contribution in [0.4, 0.5) is 0 Å². The van der Waals surface area contributed by atoms with Gasteiger partial charge in [0.05, 0.1) is 20.6 Å². The Kier molecular flexibility index (Phi) is 3.78. The summed E-state index contributed by atoms with van der Waals surface area (Å²) in [5.41, 5.74) is 6.62. The lowest BCUT2D eigenvalue weighted by Crippen LogP contribution is -2.05. The molecule has 1 unspecified atom stereocenters. The van der Waals surface area contributed by atoms with Crippen molar-refractivity contribution in [1.82, 2.24) is 9.97 Å². The van der Waals surface area contributed by atoms with Crippen molar-refractivity contribution in [2.24, 2.45) is 5.73 Å². The van der Waals surface area contributed by atoms with E-state index >= 15 is 0 Å². The molecule has 0 radical (unpaired) electrons. The van der Waals surface area contributed by atoms with Crippen molar-refractivity contribution in [1.29, 1.82) is 0 Å². The highest BCUT2D eigenvalue weighted by molar-refractivity contribution is 9.11. The van der Waals surface area contributed by atoms with Crippen LogP contribution in [0.3, 0.4) is 0 Å². The first kappa shape index (κ1) is 11.8. The molecule has 0 saturated carbocycles. The molecule has 2 rings (SSSR count). The second-order valence-electron chi connectivity index (χ2n) is 3.76. The van der Waals surface area contributed by atoms with Gasteiger partial charge in [0.1, 0.15) is 5.82 Å². The van der Waals surface area contributed by atoms with Gasteiger partial charge < -0.3 is 10.7 Å². The maximum Gasteiger partial charge on any atom is 0.109 e. The molecule has 0 aliphatic carbocycles. The number of rotatable bonds is 4. The molecule has 2 heterocycles.